The minimum atomic E-state index is 0.0584. The number of hydrogen-bond acceptors (Lipinski definition) is 3. The highest BCUT2D eigenvalue weighted by molar-refractivity contribution is 14.1. The van der Waals surface area contributed by atoms with E-state index in [2.05, 4.69) is 50.5 Å². The zero-order valence-corrected chi connectivity index (χ0v) is 14.5. The van der Waals surface area contributed by atoms with Crippen LogP contribution in [0.2, 0.25) is 0 Å². The van der Waals surface area contributed by atoms with Gasteiger partial charge in [-0.25, -0.2) is 0 Å². The molecule has 4 nitrogen and oxygen atoms in total. The van der Waals surface area contributed by atoms with Crippen molar-refractivity contribution in [3.8, 4) is 5.75 Å². The topological polar surface area (TPSA) is 32.8 Å². The number of amides is 1. The van der Waals surface area contributed by atoms with Crippen LogP contribution in [0.1, 0.15) is 0 Å². The van der Waals surface area contributed by atoms with Crippen LogP contribution in [-0.4, -0.2) is 55.5 Å². The third-order valence-corrected chi connectivity index (χ3v) is 4.14. The van der Waals surface area contributed by atoms with Gasteiger partial charge in [0.2, 0.25) is 0 Å². The van der Waals surface area contributed by atoms with Crippen molar-refractivity contribution in [1.29, 1.82) is 0 Å². The number of carbonyl (C=O) groups excluding carboxylic acids is 1. The molecule has 1 fully saturated rings. The first-order chi connectivity index (χ1) is 9.04. The number of hydrogen-bond donors (Lipinski definition) is 0. The number of nitrogens with zero attached hydrogens (tertiary/aromatic N) is 2. The molecule has 1 aliphatic heterocycles. The lowest BCUT2D eigenvalue weighted by molar-refractivity contribution is -0.134. The van der Waals surface area contributed by atoms with Gasteiger partial charge in [-0.2, -0.15) is 0 Å². The fourth-order valence-electron chi connectivity index (χ4n) is 1.90. The predicted octanol–water partition coefficient (Wildman–Crippen LogP) is 2.21. The zero-order chi connectivity index (χ0) is 13.8. The highest BCUT2D eigenvalue weighted by atomic mass is 127. The van der Waals surface area contributed by atoms with E-state index in [9.17, 15) is 4.79 Å². The zero-order valence-electron chi connectivity index (χ0n) is 10.7. The number of carbonyl (C=O) groups is 1. The molecule has 1 amide bonds. The number of halogens is 2. The lowest BCUT2D eigenvalue weighted by Crippen LogP contribution is -2.48. The predicted molar refractivity (Wildman–Crippen MR) is 86.4 cm³/mol. The Morgan fingerprint density at radius 2 is 2.00 bits per heavy atom. The fraction of sp³-hybridized carbons (Fsp3) is 0.462. The summed E-state index contributed by atoms with van der Waals surface area (Å²) in [4.78, 5) is 16.1. The highest BCUT2D eigenvalue weighted by Crippen LogP contribution is 2.22. The smallest absolute Gasteiger partial charge is 0.260 e. The SMILES string of the molecule is CN1CCN(C(=O)COc2cc(Br)cc(I)c2)CC1. The molecule has 6 heteroatoms. The van der Waals surface area contributed by atoms with Crippen molar-refractivity contribution >= 4 is 44.4 Å². The monoisotopic (exact) mass is 438 g/mol. The number of ether oxygens (including phenoxy) is 1. The molecule has 104 valence electrons. The molecule has 19 heavy (non-hydrogen) atoms. The largest absolute Gasteiger partial charge is 0.484 e. The van der Waals surface area contributed by atoms with E-state index in [4.69, 9.17) is 4.74 Å². The van der Waals surface area contributed by atoms with Crippen molar-refractivity contribution in [1.82, 2.24) is 9.80 Å². The Labute approximate surface area is 135 Å². The van der Waals surface area contributed by atoms with Crippen molar-refractivity contribution in [2.75, 3.05) is 39.8 Å². The van der Waals surface area contributed by atoms with Crippen LogP contribution in [0.3, 0.4) is 0 Å². The molecule has 0 radical (unpaired) electrons. The first kappa shape index (κ1) is 15.1. The molecule has 0 unspecified atom stereocenters. The molecule has 1 aliphatic rings. The number of piperazine rings is 1. The fourth-order valence-corrected chi connectivity index (χ4v) is 3.45. The van der Waals surface area contributed by atoms with E-state index in [0.29, 0.717) is 0 Å². The molecule has 0 aliphatic carbocycles. The summed E-state index contributed by atoms with van der Waals surface area (Å²) in [5.41, 5.74) is 0. The maximum Gasteiger partial charge on any atom is 0.260 e. The van der Waals surface area contributed by atoms with Gasteiger partial charge in [-0.3, -0.25) is 4.79 Å². The number of likely N-dealkylation sites (N-methyl/N-ethyl adjacent to an activating group) is 1. The normalized spacial score (nSPS) is 16.5. The quantitative estimate of drug-likeness (QED) is 0.678. The Morgan fingerprint density at radius 1 is 1.32 bits per heavy atom. The van der Waals surface area contributed by atoms with Crippen LogP contribution < -0.4 is 4.74 Å². The van der Waals surface area contributed by atoms with Gasteiger partial charge in [-0.1, -0.05) is 15.9 Å². The first-order valence-corrected chi connectivity index (χ1v) is 7.97. The van der Waals surface area contributed by atoms with E-state index in [-0.39, 0.29) is 12.5 Å². The van der Waals surface area contributed by atoms with Gasteiger partial charge >= 0.3 is 0 Å². The van der Waals surface area contributed by atoms with E-state index in [0.717, 1.165) is 40.0 Å². The van der Waals surface area contributed by atoms with E-state index in [1.54, 1.807) is 0 Å². The number of benzene rings is 1. The summed E-state index contributed by atoms with van der Waals surface area (Å²) >= 11 is 5.64. The van der Waals surface area contributed by atoms with E-state index in [1.165, 1.54) is 0 Å². The average molecular weight is 439 g/mol. The molecule has 0 aromatic heterocycles. The summed E-state index contributed by atoms with van der Waals surface area (Å²) in [6, 6.07) is 5.79. The molecule has 0 atom stereocenters. The van der Waals surface area contributed by atoms with Gasteiger partial charge in [0, 0.05) is 34.2 Å². The summed E-state index contributed by atoms with van der Waals surface area (Å²) in [6.45, 7) is 3.54. The minimum Gasteiger partial charge on any atom is -0.484 e. The molecular weight excluding hydrogens is 423 g/mol. The summed E-state index contributed by atoms with van der Waals surface area (Å²) in [6.07, 6.45) is 0. The van der Waals surface area contributed by atoms with Gasteiger partial charge in [0.1, 0.15) is 5.75 Å². The maximum atomic E-state index is 12.0. The van der Waals surface area contributed by atoms with Crippen molar-refractivity contribution in [3.05, 3.63) is 26.2 Å². The summed E-state index contributed by atoms with van der Waals surface area (Å²) in [5, 5.41) is 0. The molecular formula is C13H16BrIN2O2. The second-order valence-electron chi connectivity index (χ2n) is 4.58. The Morgan fingerprint density at radius 3 is 2.63 bits per heavy atom. The molecule has 0 bridgehead atoms. The number of rotatable bonds is 3. The van der Waals surface area contributed by atoms with E-state index >= 15 is 0 Å². The molecule has 0 N–H and O–H groups in total. The standard InChI is InChI=1S/C13H16BrIN2O2/c1-16-2-4-17(5-3-16)13(18)9-19-12-7-10(14)6-11(15)8-12/h6-8H,2-5,9H2,1H3. The van der Waals surface area contributed by atoms with Crippen LogP contribution in [-0.2, 0) is 4.79 Å². The van der Waals surface area contributed by atoms with Crippen molar-refractivity contribution in [3.63, 3.8) is 0 Å². The maximum absolute atomic E-state index is 12.0. The minimum absolute atomic E-state index is 0.0584. The molecule has 2 rings (SSSR count). The van der Waals surface area contributed by atoms with Crippen LogP contribution in [0.4, 0.5) is 0 Å². The Bertz CT molecular complexity index is 442. The van der Waals surface area contributed by atoms with Crippen LogP contribution >= 0.6 is 38.5 Å². The Kier molecular flexibility index (Phi) is 5.47. The van der Waals surface area contributed by atoms with Crippen LogP contribution in [0.25, 0.3) is 0 Å². The second-order valence-corrected chi connectivity index (χ2v) is 6.74. The van der Waals surface area contributed by atoms with Crippen LogP contribution in [0.5, 0.6) is 5.75 Å². The van der Waals surface area contributed by atoms with Crippen LogP contribution in [0.15, 0.2) is 22.7 Å². The van der Waals surface area contributed by atoms with Crippen LogP contribution in [0, 0.1) is 3.57 Å². The average Bonchev–Trinajstić information content (AvgIpc) is 2.36. The van der Waals surface area contributed by atoms with Gasteiger partial charge < -0.3 is 14.5 Å². The second kappa shape index (κ2) is 6.90. The summed E-state index contributed by atoms with van der Waals surface area (Å²) in [5.74, 6) is 0.782. The summed E-state index contributed by atoms with van der Waals surface area (Å²) in [7, 11) is 2.07. The van der Waals surface area contributed by atoms with Crippen molar-refractivity contribution in [2.24, 2.45) is 0 Å². The molecule has 1 aromatic rings. The molecule has 1 heterocycles. The van der Waals surface area contributed by atoms with E-state index in [1.807, 2.05) is 23.1 Å². The molecule has 1 saturated heterocycles. The molecule has 0 spiro atoms. The van der Waals surface area contributed by atoms with Gasteiger partial charge in [0.05, 0.1) is 0 Å². The molecule has 0 saturated carbocycles. The van der Waals surface area contributed by atoms with E-state index < -0.39 is 0 Å². The lowest BCUT2D eigenvalue weighted by atomic mass is 10.3. The first-order valence-electron chi connectivity index (χ1n) is 6.10. The van der Waals surface area contributed by atoms with Gasteiger partial charge in [-0.15, -0.1) is 0 Å². The summed E-state index contributed by atoms with van der Waals surface area (Å²) < 4.78 is 7.61. The Hall–Kier alpha value is -0.340. The van der Waals surface area contributed by atoms with Gasteiger partial charge in [0.25, 0.3) is 5.91 Å². The lowest BCUT2D eigenvalue weighted by Gasteiger charge is -2.32. The highest BCUT2D eigenvalue weighted by Gasteiger charge is 2.19. The van der Waals surface area contributed by atoms with Crippen molar-refractivity contribution in [2.45, 2.75) is 0 Å². The van der Waals surface area contributed by atoms with Crippen molar-refractivity contribution < 1.29 is 9.53 Å². The Balaban J connectivity index is 1.86. The van der Waals surface area contributed by atoms with Gasteiger partial charge in [-0.05, 0) is 47.8 Å². The third-order valence-electron chi connectivity index (χ3n) is 3.05. The third kappa shape index (κ3) is 4.61. The molecule has 1 aromatic carbocycles. The van der Waals surface area contributed by atoms with Gasteiger partial charge in [0.15, 0.2) is 6.61 Å².